The van der Waals surface area contributed by atoms with Crippen LogP contribution in [0.5, 0.6) is 11.6 Å². The molecule has 0 spiro atoms. The number of nitrogens with one attached hydrogen (secondary N) is 1. The fourth-order valence-corrected chi connectivity index (χ4v) is 4.78. The van der Waals surface area contributed by atoms with Gasteiger partial charge in [-0.3, -0.25) is 0 Å². The molecule has 3 rings (SSSR count). The van der Waals surface area contributed by atoms with E-state index in [9.17, 15) is 8.42 Å². The van der Waals surface area contributed by atoms with Crippen molar-refractivity contribution in [1.82, 2.24) is 14.7 Å². The SMILES string of the molecule is COc1ccc(C)cc1S(=O)(=O)NC1CCC(Oc2nccnc2C#N)CC1. The first-order valence-electron chi connectivity index (χ1n) is 8.97. The second-order valence-corrected chi connectivity index (χ2v) is 8.37. The number of aryl methyl sites for hydroxylation is 1. The number of sulfonamides is 1. The van der Waals surface area contributed by atoms with Gasteiger partial charge in [0.15, 0.2) is 0 Å². The Bertz CT molecular complexity index is 980. The Morgan fingerprint density at radius 2 is 1.89 bits per heavy atom. The van der Waals surface area contributed by atoms with E-state index in [1.807, 2.05) is 19.1 Å². The Labute approximate surface area is 164 Å². The van der Waals surface area contributed by atoms with Crippen LogP contribution in [0.1, 0.15) is 36.9 Å². The van der Waals surface area contributed by atoms with Gasteiger partial charge in [0.05, 0.1) is 7.11 Å². The van der Waals surface area contributed by atoms with Crippen molar-refractivity contribution in [2.45, 2.75) is 49.6 Å². The number of nitrogens with zero attached hydrogens (tertiary/aromatic N) is 3. The van der Waals surface area contributed by atoms with E-state index < -0.39 is 10.0 Å². The molecule has 1 saturated carbocycles. The number of nitriles is 1. The zero-order valence-corrected chi connectivity index (χ0v) is 16.6. The van der Waals surface area contributed by atoms with Crippen molar-refractivity contribution < 1.29 is 17.9 Å². The molecule has 0 atom stereocenters. The molecule has 1 aliphatic carbocycles. The van der Waals surface area contributed by atoms with E-state index in [1.54, 1.807) is 12.1 Å². The van der Waals surface area contributed by atoms with Gasteiger partial charge in [-0.05, 0) is 50.3 Å². The van der Waals surface area contributed by atoms with Gasteiger partial charge in [0.1, 0.15) is 22.8 Å². The summed E-state index contributed by atoms with van der Waals surface area (Å²) in [6, 6.07) is 6.84. The highest BCUT2D eigenvalue weighted by Gasteiger charge is 2.29. The maximum absolute atomic E-state index is 12.8. The number of benzene rings is 1. The zero-order chi connectivity index (χ0) is 20.1. The van der Waals surface area contributed by atoms with Crippen LogP contribution < -0.4 is 14.2 Å². The molecule has 0 radical (unpaired) electrons. The van der Waals surface area contributed by atoms with Gasteiger partial charge in [-0.25, -0.2) is 23.1 Å². The first-order chi connectivity index (χ1) is 13.4. The minimum Gasteiger partial charge on any atom is -0.495 e. The summed E-state index contributed by atoms with van der Waals surface area (Å²) in [4.78, 5) is 8.13. The molecule has 1 aromatic carbocycles. The van der Waals surface area contributed by atoms with Crippen molar-refractivity contribution in [3.63, 3.8) is 0 Å². The lowest BCUT2D eigenvalue weighted by Gasteiger charge is -2.29. The summed E-state index contributed by atoms with van der Waals surface area (Å²) >= 11 is 0. The molecule has 1 aliphatic rings. The van der Waals surface area contributed by atoms with E-state index in [-0.39, 0.29) is 28.6 Å². The van der Waals surface area contributed by atoms with Gasteiger partial charge >= 0.3 is 0 Å². The summed E-state index contributed by atoms with van der Waals surface area (Å²) in [6.45, 7) is 1.84. The van der Waals surface area contributed by atoms with Gasteiger partial charge in [0.2, 0.25) is 15.7 Å². The first-order valence-corrected chi connectivity index (χ1v) is 10.5. The quantitative estimate of drug-likeness (QED) is 0.788. The number of rotatable bonds is 6. The monoisotopic (exact) mass is 402 g/mol. The van der Waals surface area contributed by atoms with Crippen molar-refractivity contribution in [1.29, 1.82) is 5.26 Å². The van der Waals surface area contributed by atoms with Crippen LogP contribution in [0, 0.1) is 18.3 Å². The summed E-state index contributed by atoms with van der Waals surface area (Å²) in [7, 11) is -2.24. The van der Waals surface area contributed by atoms with Crippen LogP contribution in [0.3, 0.4) is 0 Å². The number of ether oxygens (including phenoxy) is 2. The second-order valence-electron chi connectivity index (χ2n) is 6.69. The van der Waals surface area contributed by atoms with Gasteiger partial charge in [0, 0.05) is 18.4 Å². The predicted molar refractivity (Wildman–Crippen MR) is 101 cm³/mol. The smallest absolute Gasteiger partial charge is 0.251 e. The molecular formula is C19H22N4O4S. The number of hydrogen-bond acceptors (Lipinski definition) is 7. The van der Waals surface area contributed by atoms with E-state index in [0.29, 0.717) is 31.4 Å². The van der Waals surface area contributed by atoms with Crippen molar-refractivity contribution in [3.05, 3.63) is 41.9 Å². The Kier molecular flexibility index (Phi) is 6.11. The largest absolute Gasteiger partial charge is 0.495 e. The zero-order valence-electron chi connectivity index (χ0n) is 15.8. The van der Waals surface area contributed by atoms with Crippen LogP contribution in [0.15, 0.2) is 35.5 Å². The van der Waals surface area contributed by atoms with Crippen molar-refractivity contribution in [2.75, 3.05) is 7.11 Å². The van der Waals surface area contributed by atoms with E-state index in [0.717, 1.165) is 5.56 Å². The molecule has 9 heteroatoms. The van der Waals surface area contributed by atoms with Crippen molar-refractivity contribution in [2.24, 2.45) is 0 Å². The molecule has 1 aromatic heterocycles. The second kappa shape index (κ2) is 8.54. The van der Waals surface area contributed by atoms with Crippen LogP contribution in [-0.2, 0) is 10.0 Å². The summed E-state index contributed by atoms with van der Waals surface area (Å²) in [6.07, 6.45) is 5.35. The molecule has 0 unspecified atom stereocenters. The fraction of sp³-hybridized carbons (Fsp3) is 0.421. The van der Waals surface area contributed by atoms with E-state index in [4.69, 9.17) is 14.7 Å². The molecule has 0 bridgehead atoms. The van der Waals surface area contributed by atoms with Crippen LogP contribution in [0.25, 0.3) is 0 Å². The summed E-state index contributed by atoms with van der Waals surface area (Å²) in [5, 5.41) is 9.07. The Morgan fingerprint density at radius 3 is 2.57 bits per heavy atom. The van der Waals surface area contributed by atoms with Gasteiger partial charge in [0.25, 0.3) is 5.88 Å². The molecule has 1 fully saturated rings. The van der Waals surface area contributed by atoms with Crippen LogP contribution >= 0.6 is 0 Å². The third-order valence-corrected chi connectivity index (χ3v) is 6.20. The number of aromatic nitrogens is 2. The molecule has 8 nitrogen and oxygen atoms in total. The third-order valence-electron chi connectivity index (χ3n) is 4.65. The van der Waals surface area contributed by atoms with Gasteiger partial charge in [-0.15, -0.1) is 0 Å². The minimum absolute atomic E-state index is 0.127. The highest BCUT2D eigenvalue weighted by molar-refractivity contribution is 7.89. The van der Waals surface area contributed by atoms with Crippen molar-refractivity contribution >= 4 is 10.0 Å². The molecule has 1 N–H and O–H groups in total. The molecule has 148 valence electrons. The highest BCUT2D eigenvalue weighted by atomic mass is 32.2. The van der Waals surface area contributed by atoms with Gasteiger partial charge < -0.3 is 9.47 Å². The minimum atomic E-state index is -3.69. The predicted octanol–water partition coefficient (Wildman–Crippen LogP) is 2.33. The highest BCUT2D eigenvalue weighted by Crippen LogP contribution is 2.28. The molecule has 28 heavy (non-hydrogen) atoms. The molecule has 0 aliphatic heterocycles. The van der Waals surface area contributed by atoms with Crippen LogP contribution in [-0.4, -0.2) is 37.6 Å². The average molecular weight is 402 g/mol. The van der Waals surface area contributed by atoms with E-state index in [2.05, 4.69) is 14.7 Å². The summed E-state index contributed by atoms with van der Waals surface area (Å²) in [5.41, 5.74) is 0.993. The van der Waals surface area contributed by atoms with Gasteiger partial charge in [-0.2, -0.15) is 5.26 Å². The molecule has 0 amide bonds. The normalized spacial score (nSPS) is 19.6. The average Bonchev–Trinajstić information content (AvgIpc) is 2.69. The molecule has 2 aromatic rings. The Balaban J connectivity index is 1.63. The van der Waals surface area contributed by atoms with Crippen LogP contribution in [0.2, 0.25) is 0 Å². The van der Waals surface area contributed by atoms with E-state index in [1.165, 1.54) is 19.5 Å². The first kappa shape index (κ1) is 20.0. The topological polar surface area (TPSA) is 114 Å². The lowest BCUT2D eigenvalue weighted by Crippen LogP contribution is -2.39. The maximum Gasteiger partial charge on any atom is 0.251 e. The summed E-state index contributed by atoms with van der Waals surface area (Å²) < 4.78 is 39.4. The van der Waals surface area contributed by atoms with Crippen molar-refractivity contribution in [3.8, 4) is 17.7 Å². The molecule has 0 saturated heterocycles. The molecular weight excluding hydrogens is 380 g/mol. The lowest BCUT2D eigenvalue weighted by atomic mass is 9.94. The Morgan fingerprint density at radius 1 is 1.18 bits per heavy atom. The van der Waals surface area contributed by atoms with Crippen LogP contribution in [0.4, 0.5) is 0 Å². The van der Waals surface area contributed by atoms with E-state index >= 15 is 0 Å². The Hall–Kier alpha value is -2.70. The molecule has 1 heterocycles. The number of methoxy groups -OCH3 is 1. The third kappa shape index (κ3) is 4.58. The summed E-state index contributed by atoms with van der Waals surface area (Å²) in [5.74, 6) is 0.542. The maximum atomic E-state index is 12.8. The number of hydrogen-bond donors (Lipinski definition) is 1. The standard InChI is InChI=1S/C19H22N4O4S/c1-13-3-8-17(26-2)18(11-13)28(24,25)23-14-4-6-15(7-5-14)27-19-16(12-20)21-9-10-22-19/h3,8-11,14-15,23H,4-7H2,1-2H3. The van der Waals surface area contributed by atoms with Gasteiger partial charge in [-0.1, -0.05) is 6.07 Å². The lowest BCUT2D eigenvalue weighted by molar-refractivity contribution is 0.137. The fourth-order valence-electron chi connectivity index (χ4n) is 3.22.